The number of halogens is 1. The van der Waals surface area contributed by atoms with Gasteiger partial charge in [-0.05, 0) is 54.3 Å². The number of rotatable bonds is 7. The van der Waals surface area contributed by atoms with Gasteiger partial charge in [0.05, 0.1) is 23.5 Å². The fourth-order valence-corrected chi connectivity index (χ4v) is 4.21. The lowest BCUT2D eigenvalue weighted by atomic mass is 10.0. The fourth-order valence-electron chi connectivity index (χ4n) is 4.04. The van der Waals surface area contributed by atoms with E-state index in [-0.39, 0.29) is 11.6 Å². The molecule has 0 saturated heterocycles. The van der Waals surface area contributed by atoms with Crippen LogP contribution in [0.2, 0.25) is 5.02 Å². The molecule has 0 bridgehead atoms. The number of nitrogen functional groups attached to an aromatic ring is 1. The van der Waals surface area contributed by atoms with Crippen LogP contribution >= 0.6 is 11.6 Å². The smallest absolute Gasteiger partial charge is 0.335 e. The summed E-state index contributed by atoms with van der Waals surface area (Å²) in [6, 6.07) is 16.3. The quantitative estimate of drug-likeness (QED) is 0.334. The lowest BCUT2D eigenvalue weighted by Gasteiger charge is -2.17. The van der Waals surface area contributed by atoms with Crippen LogP contribution in [0.1, 0.15) is 41.4 Å². The summed E-state index contributed by atoms with van der Waals surface area (Å²) in [6.45, 7) is 0. The largest absolute Gasteiger partial charge is 0.478 e. The maximum Gasteiger partial charge on any atom is 0.335 e. The van der Waals surface area contributed by atoms with Gasteiger partial charge in [0.2, 0.25) is 0 Å². The highest BCUT2D eigenvalue weighted by Crippen LogP contribution is 2.39. The monoisotopic (exact) mass is 458 g/mol. The van der Waals surface area contributed by atoms with Crippen molar-refractivity contribution in [2.24, 2.45) is 5.92 Å². The van der Waals surface area contributed by atoms with Crippen LogP contribution in [0.3, 0.4) is 0 Å². The molecule has 0 amide bonds. The Balaban J connectivity index is 1.43. The van der Waals surface area contributed by atoms with E-state index in [2.05, 4.69) is 5.10 Å². The summed E-state index contributed by atoms with van der Waals surface area (Å²) >= 11 is 6.15. The number of carbonyl (C=O) groups is 1. The minimum Gasteiger partial charge on any atom is -0.478 e. The number of aromatic carboxylic acids is 1. The number of anilines is 1. The van der Waals surface area contributed by atoms with Gasteiger partial charge in [0.15, 0.2) is 0 Å². The Kier molecular flexibility index (Phi) is 5.60. The summed E-state index contributed by atoms with van der Waals surface area (Å²) in [7, 11) is 0. The molecule has 166 valence electrons. The molecular formula is C26H23ClN4O2. The van der Waals surface area contributed by atoms with Crippen molar-refractivity contribution in [1.29, 1.82) is 0 Å². The summed E-state index contributed by atoms with van der Waals surface area (Å²) in [5.41, 5.74) is 11.7. The van der Waals surface area contributed by atoms with Crippen molar-refractivity contribution >= 4 is 23.3 Å². The van der Waals surface area contributed by atoms with Gasteiger partial charge < -0.3 is 10.8 Å². The zero-order chi connectivity index (χ0) is 22.9. The molecule has 7 heteroatoms. The normalized spacial score (nSPS) is 14.2. The highest BCUT2D eigenvalue weighted by atomic mass is 35.5. The molecule has 1 aliphatic rings. The van der Waals surface area contributed by atoms with Crippen LogP contribution in [0.4, 0.5) is 5.69 Å². The summed E-state index contributed by atoms with van der Waals surface area (Å²) in [6.07, 6.45) is 9.11. The number of hydrogen-bond donors (Lipinski definition) is 2. The first-order chi connectivity index (χ1) is 16.0. The summed E-state index contributed by atoms with van der Waals surface area (Å²) in [4.78, 5) is 15.9. The minimum absolute atomic E-state index is 0.0234. The van der Waals surface area contributed by atoms with Crippen molar-refractivity contribution in [3.63, 3.8) is 0 Å². The van der Waals surface area contributed by atoms with E-state index in [1.807, 2.05) is 53.6 Å². The van der Waals surface area contributed by atoms with Crippen LogP contribution in [0.5, 0.6) is 0 Å². The SMILES string of the molecule is Nc1ccc(Cl)cc1-c1ccc(C(CC2CC2)n2cc(-c3ccc(C(=O)O)cc3)cn2)nc1. The molecule has 1 aliphatic carbocycles. The van der Waals surface area contributed by atoms with E-state index in [1.165, 1.54) is 12.8 Å². The molecule has 0 spiro atoms. The average Bonchev–Trinajstić information content (AvgIpc) is 3.52. The number of nitrogens with zero attached hydrogens (tertiary/aromatic N) is 3. The first-order valence-electron chi connectivity index (χ1n) is 10.9. The van der Waals surface area contributed by atoms with E-state index < -0.39 is 5.97 Å². The zero-order valence-electron chi connectivity index (χ0n) is 17.9. The molecule has 1 unspecified atom stereocenters. The molecule has 4 aromatic rings. The minimum atomic E-state index is -0.934. The molecule has 1 atom stereocenters. The van der Waals surface area contributed by atoms with Gasteiger partial charge in [0, 0.05) is 39.8 Å². The number of carboxylic acid groups (broad SMARTS) is 1. The third-order valence-electron chi connectivity index (χ3n) is 6.09. The Morgan fingerprint density at radius 3 is 2.48 bits per heavy atom. The molecule has 33 heavy (non-hydrogen) atoms. The van der Waals surface area contributed by atoms with E-state index in [4.69, 9.17) is 27.4 Å². The highest BCUT2D eigenvalue weighted by Gasteiger charge is 2.28. The maximum absolute atomic E-state index is 11.1. The lowest BCUT2D eigenvalue weighted by molar-refractivity contribution is 0.0697. The first kappa shape index (κ1) is 21.2. The molecule has 0 radical (unpaired) electrons. The van der Waals surface area contributed by atoms with E-state index in [0.29, 0.717) is 16.6 Å². The van der Waals surface area contributed by atoms with Crippen LogP contribution in [-0.4, -0.2) is 25.8 Å². The Labute approximate surface area is 196 Å². The van der Waals surface area contributed by atoms with Crippen LogP contribution in [0, 0.1) is 5.92 Å². The number of hydrogen-bond acceptors (Lipinski definition) is 4. The van der Waals surface area contributed by atoms with Crippen molar-refractivity contribution < 1.29 is 9.90 Å². The Morgan fingerprint density at radius 1 is 1.06 bits per heavy atom. The number of carboxylic acids is 1. The van der Waals surface area contributed by atoms with Gasteiger partial charge in [0.1, 0.15) is 0 Å². The highest BCUT2D eigenvalue weighted by molar-refractivity contribution is 6.31. The summed E-state index contributed by atoms with van der Waals surface area (Å²) in [5, 5.41) is 14.4. The first-order valence-corrected chi connectivity index (χ1v) is 11.2. The second-order valence-corrected chi connectivity index (χ2v) is 8.93. The maximum atomic E-state index is 11.1. The molecule has 6 nitrogen and oxygen atoms in total. The van der Waals surface area contributed by atoms with E-state index in [9.17, 15) is 4.79 Å². The molecular weight excluding hydrogens is 436 g/mol. The van der Waals surface area contributed by atoms with Crippen LogP contribution in [0.15, 0.2) is 73.2 Å². The van der Waals surface area contributed by atoms with Gasteiger partial charge in [-0.2, -0.15) is 5.10 Å². The second-order valence-electron chi connectivity index (χ2n) is 8.49. The van der Waals surface area contributed by atoms with Crippen molar-refractivity contribution in [2.75, 3.05) is 5.73 Å². The van der Waals surface area contributed by atoms with Crippen LogP contribution in [0.25, 0.3) is 22.3 Å². The number of pyridine rings is 1. The van der Waals surface area contributed by atoms with Crippen molar-refractivity contribution in [2.45, 2.75) is 25.3 Å². The topological polar surface area (TPSA) is 94.0 Å². The molecule has 2 aromatic heterocycles. The molecule has 2 heterocycles. The van der Waals surface area contributed by atoms with Gasteiger partial charge in [0.25, 0.3) is 0 Å². The predicted molar refractivity (Wildman–Crippen MR) is 129 cm³/mol. The number of aromatic nitrogens is 3. The molecule has 1 saturated carbocycles. The summed E-state index contributed by atoms with van der Waals surface area (Å²) < 4.78 is 1.97. The third kappa shape index (κ3) is 4.61. The van der Waals surface area contributed by atoms with Crippen molar-refractivity contribution in [3.8, 4) is 22.3 Å². The van der Waals surface area contributed by atoms with Gasteiger partial charge in [-0.15, -0.1) is 0 Å². The van der Waals surface area contributed by atoms with Gasteiger partial charge in [-0.3, -0.25) is 9.67 Å². The van der Waals surface area contributed by atoms with Crippen LogP contribution < -0.4 is 5.73 Å². The molecule has 5 rings (SSSR count). The van der Waals surface area contributed by atoms with Crippen molar-refractivity contribution in [3.05, 3.63) is 89.5 Å². The fraction of sp³-hybridized carbons (Fsp3) is 0.192. The predicted octanol–water partition coefficient (Wildman–Crippen LogP) is 5.94. The van der Waals surface area contributed by atoms with Crippen LogP contribution in [-0.2, 0) is 0 Å². The zero-order valence-corrected chi connectivity index (χ0v) is 18.6. The molecule has 3 N–H and O–H groups in total. The van der Waals surface area contributed by atoms with Gasteiger partial charge in [-0.1, -0.05) is 42.6 Å². The van der Waals surface area contributed by atoms with Crippen molar-refractivity contribution in [1.82, 2.24) is 14.8 Å². The van der Waals surface area contributed by atoms with Gasteiger partial charge >= 0.3 is 5.97 Å². The second kappa shape index (κ2) is 8.71. The standard InChI is InChI=1S/C26H23ClN4O2/c27-21-8-9-23(28)22(12-21)19-7-10-24(29-13-19)25(11-16-1-2-16)31-15-20(14-30-31)17-3-5-18(6-4-17)26(32)33/h3-10,12-16,25H,1-2,11,28H2,(H,32,33). The Bertz CT molecular complexity index is 1290. The van der Waals surface area contributed by atoms with E-state index in [0.717, 1.165) is 34.4 Å². The molecule has 2 aromatic carbocycles. The molecule has 1 fully saturated rings. The lowest BCUT2D eigenvalue weighted by Crippen LogP contribution is -2.13. The van der Waals surface area contributed by atoms with E-state index >= 15 is 0 Å². The van der Waals surface area contributed by atoms with Gasteiger partial charge in [-0.25, -0.2) is 4.79 Å². The van der Waals surface area contributed by atoms with E-state index in [1.54, 1.807) is 24.3 Å². The number of benzene rings is 2. The average molecular weight is 459 g/mol. The number of nitrogens with two attached hydrogens (primary N) is 1. The molecule has 0 aliphatic heterocycles. The Hall–Kier alpha value is -3.64. The third-order valence-corrected chi connectivity index (χ3v) is 6.33. The summed E-state index contributed by atoms with van der Waals surface area (Å²) in [5.74, 6) is -0.252. The Morgan fingerprint density at radius 2 is 1.82 bits per heavy atom.